The van der Waals surface area contributed by atoms with E-state index < -0.39 is 11.0 Å². The van der Waals surface area contributed by atoms with Crippen molar-refractivity contribution in [3.8, 4) is 5.75 Å². The van der Waals surface area contributed by atoms with E-state index >= 15 is 0 Å². The van der Waals surface area contributed by atoms with Crippen molar-refractivity contribution in [3.05, 3.63) is 32.8 Å². The van der Waals surface area contributed by atoms with E-state index in [0.717, 1.165) is 0 Å². The average Bonchev–Trinajstić information content (AvgIpc) is 2.26. The van der Waals surface area contributed by atoms with Crippen molar-refractivity contribution in [2.24, 2.45) is 5.73 Å². The van der Waals surface area contributed by atoms with E-state index in [1.165, 1.54) is 12.1 Å². The Morgan fingerprint density at radius 1 is 1.62 bits per heavy atom. The second-order valence-electron chi connectivity index (χ2n) is 3.07. The van der Waals surface area contributed by atoms with Gasteiger partial charge in [-0.15, -0.1) is 0 Å². The maximum absolute atomic E-state index is 10.7. The number of hydrogen-bond acceptors (Lipinski definition) is 5. The number of aliphatic hydroxyl groups is 1. The first kappa shape index (κ1) is 12.9. The van der Waals surface area contributed by atoms with E-state index in [1.807, 2.05) is 0 Å². The SMILES string of the molecule is NCC(O)COc1ccc(Br)cc1[N+](=O)[O-]. The molecule has 1 rings (SSSR count). The molecule has 0 saturated carbocycles. The third-order valence-electron chi connectivity index (χ3n) is 1.82. The number of rotatable bonds is 5. The summed E-state index contributed by atoms with van der Waals surface area (Å²) in [4.78, 5) is 10.2. The minimum Gasteiger partial charge on any atom is -0.484 e. The van der Waals surface area contributed by atoms with Gasteiger partial charge in [0.2, 0.25) is 0 Å². The number of nitro benzene ring substituents is 1. The van der Waals surface area contributed by atoms with Gasteiger partial charge in [0.15, 0.2) is 5.75 Å². The number of nitro groups is 1. The molecular weight excluding hydrogens is 280 g/mol. The summed E-state index contributed by atoms with van der Waals surface area (Å²) in [6.07, 6.45) is -0.830. The zero-order valence-corrected chi connectivity index (χ0v) is 9.88. The number of hydrogen-bond donors (Lipinski definition) is 2. The van der Waals surface area contributed by atoms with Crippen LogP contribution in [0.25, 0.3) is 0 Å². The molecule has 0 saturated heterocycles. The first-order chi connectivity index (χ1) is 7.54. The van der Waals surface area contributed by atoms with E-state index in [0.29, 0.717) is 4.47 Å². The highest BCUT2D eigenvalue weighted by atomic mass is 79.9. The molecule has 0 aliphatic heterocycles. The predicted molar refractivity (Wildman–Crippen MR) is 61.4 cm³/mol. The molecule has 1 atom stereocenters. The molecule has 16 heavy (non-hydrogen) atoms. The summed E-state index contributed by atoms with van der Waals surface area (Å²) in [5.74, 6) is 0.112. The van der Waals surface area contributed by atoms with E-state index in [9.17, 15) is 15.2 Å². The zero-order valence-electron chi connectivity index (χ0n) is 8.30. The van der Waals surface area contributed by atoms with Crippen LogP contribution in [0.1, 0.15) is 0 Å². The fourth-order valence-corrected chi connectivity index (χ4v) is 1.36. The predicted octanol–water partition coefficient (Wildman–Crippen LogP) is 1.06. The number of aliphatic hydroxyl groups excluding tert-OH is 1. The van der Waals surface area contributed by atoms with Crippen LogP contribution in [0, 0.1) is 10.1 Å². The lowest BCUT2D eigenvalue weighted by Crippen LogP contribution is -2.26. The molecular formula is C9H11BrN2O4. The third-order valence-corrected chi connectivity index (χ3v) is 2.31. The standard InChI is InChI=1S/C9H11BrN2O4/c10-6-1-2-9(8(3-6)12(14)15)16-5-7(13)4-11/h1-3,7,13H,4-5,11H2. The maximum Gasteiger partial charge on any atom is 0.312 e. The minimum atomic E-state index is -0.830. The first-order valence-corrected chi connectivity index (χ1v) is 5.28. The number of nitrogens with two attached hydrogens (primary N) is 1. The van der Waals surface area contributed by atoms with Gasteiger partial charge in [0, 0.05) is 17.1 Å². The van der Waals surface area contributed by atoms with E-state index in [1.54, 1.807) is 6.07 Å². The van der Waals surface area contributed by atoms with Crippen LogP contribution in [-0.4, -0.2) is 29.3 Å². The van der Waals surface area contributed by atoms with Crippen LogP contribution < -0.4 is 10.5 Å². The molecule has 0 fully saturated rings. The van der Waals surface area contributed by atoms with Crippen molar-refractivity contribution in [1.82, 2.24) is 0 Å². The molecule has 3 N–H and O–H groups in total. The van der Waals surface area contributed by atoms with E-state index in [2.05, 4.69) is 15.9 Å². The fraction of sp³-hybridized carbons (Fsp3) is 0.333. The highest BCUT2D eigenvalue weighted by Crippen LogP contribution is 2.30. The molecule has 88 valence electrons. The van der Waals surface area contributed by atoms with Gasteiger partial charge in [-0.3, -0.25) is 10.1 Å². The summed E-state index contributed by atoms with van der Waals surface area (Å²) in [7, 11) is 0. The highest BCUT2D eigenvalue weighted by Gasteiger charge is 2.16. The van der Waals surface area contributed by atoms with Gasteiger partial charge in [-0.05, 0) is 12.1 Å². The minimum absolute atomic E-state index is 0.0460. The molecule has 6 nitrogen and oxygen atoms in total. The number of ether oxygens (including phenoxy) is 1. The van der Waals surface area contributed by atoms with Crippen LogP contribution in [0.4, 0.5) is 5.69 Å². The Balaban J connectivity index is 2.82. The Morgan fingerprint density at radius 2 is 2.31 bits per heavy atom. The number of halogens is 1. The molecule has 0 aliphatic carbocycles. The summed E-state index contributed by atoms with van der Waals surface area (Å²) in [5, 5.41) is 19.9. The van der Waals surface area contributed by atoms with Crippen molar-refractivity contribution in [2.75, 3.05) is 13.2 Å². The summed E-state index contributed by atoms with van der Waals surface area (Å²) in [5.41, 5.74) is 5.03. The van der Waals surface area contributed by atoms with Gasteiger partial charge < -0.3 is 15.6 Å². The van der Waals surface area contributed by atoms with Crippen molar-refractivity contribution in [3.63, 3.8) is 0 Å². The second-order valence-corrected chi connectivity index (χ2v) is 3.99. The molecule has 0 spiro atoms. The van der Waals surface area contributed by atoms with Gasteiger partial charge in [0.05, 0.1) is 4.92 Å². The Labute approximate surface area is 100 Å². The summed E-state index contributed by atoms with van der Waals surface area (Å²) < 4.78 is 5.70. The summed E-state index contributed by atoms with van der Waals surface area (Å²) >= 11 is 3.13. The Kier molecular flexibility index (Phi) is 4.66. The molecule has 1 unspecified atom stereocenters. The number of nitrogens with zero attached hydrogens (tertiary/aromatic N) is 1. The molecule has 0 radical (unpaired) electrons. The van der Waals surface area contributed by atoms with Gasteiger partial charge in [-0.25, -0.2) is 0 Å². The quantitative estimate of drug-likeness (QED) is 0.624. The van der Waals surface area contributed by atoms with Crippen molar-refractivity contribution in [1.29, 1.82) is 0 Å². The van der Waals surface area contributed by atoms with Gasteiger partial charge in [0.25, 0.3) is 0 Å². The van der Waals surface area contributed by atoms with E-state index in [-0.39, 0.29) is 24.6 Å². The van der Waals surface area contributed by atoms with Crippen molar-refractivity contribution < 1.29 is 14.8 Å². The van der Waals surface area contributed by atoms with Gasteiger partial charge in [-0.1, -0.05) is 15.9 Å². The lowest BCUT2D eigenvalue weighted by molar-refractivity contribution is -0.386. The Hall–Kier alpha value is -1.18. The lowest BCUT2D eigenvalue weighted by Gasteiger charge is -2.10. The largest absolute Gasteiger partial charge is 0.484 e. The molecule has 0 heterocycles. The molecule has 1 aromatic rings. The van der Waals surface area contributed by atoms with Crippen molar-refractivity contribution in [2.45, 2.75) is 6.10 Å². The fourth-order valence-electron chi connectivity index (χ4n) is 1.01. The van der Waals surface area contributed by atoms with Crippen LogP contribution in [-0.2, 0) is 0 Å². The van der Waals surface area contributed by atoms with Crippen LogP contribution in [0.3, 0.4) is 0 Å². The van der Waals surface area contributed by atoms with E-state index in [4.69, 9.17) is 10.5 Å². The molecule has 1 aromatic carbocycles. The number of benzene rings is 1. The van der Waals surface area contributed by atoms with Crippen LogP contribution in [0.2, 0.25) is 0 Å². The topological polar surface area (TPSA) is 98.6 Å². The third kappa shape index (κ3) is 3.44. The van der Waals surface area contributed by atoms with Crippen LogP contribution in [0.5, 0.6) is 5.75 Å². The van der Waals surface area contributed by atoms with Gasteiger partial charge in [-0.2, -0.15) is 0 Å². The van der Waals surface area contributed by atoms with Crippen molar-refractivity contribution >= 4 is 21.6 Å². The Bertz CT molecular complexity index is 386. The normalized spacial score (nSPS) is 12.2. The summed E-state index contributed by atoms with van der Waals surface area (Å²) in [6.45, 7) is -0.0245. The molecule has 7 heteroatoms. The first-order valence-electron chi connectivity index (χ1n) is 4.49. The smallest absolute Gasteiger partial charge is 0.312 e. The average molecular weight is 291 g/mol. The monoisotopic (exact) mass is 290 g/mol. The maximum atomic E-state index is 10.7. The molecule has 0 amide bonds. The van der Waals surface area contributed by atoms with Crippen LogP contribution >= 0.6 is 15.9 Å². The Morgan fingerprint density at radius 3 is 2.88 bits per heavy atom. The molecule has 0 aromatic heterocycles. The highest BCUT2D eigenvalue weighted by molar-refractivity contribution is 9.10. The van der Waals surface area contributed by atoms with Gasteiger partial charge >= 0.3 is 5.69 Å². The lowest BCUT2D eigenvalue weighted by atomic mass is 10.3. The van der Waals surface area contributed by atoms with Gasteiger partial charge in [0.1, 0.15) is 12.7 Å². The molecule has 0 aliphatic rings. The van der Waals surface area contributed by atoms with Crippen LogP contribution in [0.15, 0.2) is 22.7 Å². The second kappa shape index (κ2) is 5.78. The molecule has 0 bridgehead atoms. The zero-order chi connectivity index (χ0) is 12.1. The summed E-state index contributed by atoms with van der Waals surface area (Å²) in [6, 6.07) is 4.42.